The third-order valence-electron chi connectivity index (χ3n) is 6.29. The second-order valence-electron chi connectivity index (χ2n) is 8.19. The number of nitrogens with one attached hydrogen (secondary N) is 2. The minimum Gasteiger partial charge on any atom is -0.368 e. The fraction of sp³-hybridized carbons (Fsp3) is 0.435. The van der Waals surface area contributed by atoms with Gasteiger partial charge in [0.25, 0.3) is 0 Å². The summed E-state index contributed by atoms with van der Waals surface area (Å²) in [5.41, 5.74) is 3.01. The summed E-state index contributed by atoms with van der Waals surface area (Å²) in [5, 5.41) is 7.20. The van der Waals surface area contributed by atoms with E-state index in [2.05, 4.69) is 35.8 Å². The van der Waals surface area contributed by atoms with E-state index in [1.54, 1.807) is 16.4 Å². The molecule has 0 atom stereocenters. The van der Waals surface area contributed by atoms with E-state index in [1.165, 1.54) is 11.1 Å². The van der Waals surface area contributed by atoms with Crippen LogP contribution >= 0.6 is 0 Å². The zero-order valence-electron chi connectivity index (χ0n) is 17.7. The molecule has 2 aromatic rings. The molecule has 0 unspecified atom stereocenters. The highest BCUT2D eigenvalue weighted by molar-refractivity contribution is 7.89. The maximum atomic E-state index is 13.2. The van der Waals surface area contributed by atoms with Crippen LogP contribution in [0.3, 0.4) is 0 Å². The van der Waals surface area contributed by atoms with Crippen LogP contribution in [0.25, 0.3) is 0 Å². The lowest BCUT2D eigenvalue weighted by molar-refractivity contribution is 0.241. The van der Waals surface area contributed by atoms with Gasteiger partial charge in [-0.25, -0.2) is 8.42 Å². The molecule has 1 saturated heterocycles. The lowest BCUT2D eigenvalue weighted by atomic mass is 9.85. The molecular formula is C23H30N4O2S. The van der Waals surface area contributed by atoms with Crippen LogP contribution in [0.1, 0.15) is 29.5 Å². The molecule has 4 rings (SSSR count). The van der Waals surface area contributed by atoms with E-state index in [0.717, 1.165) is 31.0 Å². The first-order valence-corrected chi connectivity index (χ1v) is 12.0. The smallest absolute Gasteiger partial charge is 0.243 e. The van der Waals surface area contributed by atoms with Gasteiger partial charge in [0.05, 0.1) is 17.0 Å². The van der Waals surface area contributed by atoms with E-state index in [-0.39, 0.29) is 5.54 Å². The third-order valence-corrected chi connectivity index (χ3v) is 8.35. The van der Waals surface area contributed by atoms with Crippen molar-refractivity contribution < 1.29 is 8.42 Å². The lowest BCUT2D eigenvalue weighted by Crippen LogP contribution is -2.64. The number of piperidine rings is 1. The van der Waals surface area contributed by atoms with Crippen molar-refractivity contribution in [2.24, 2.45) is 4.99 Å². The standard InChI is InChI=1S/C23H30N4O2S/c1-18-7-3-5-9-20(18)17-25-22-23(26-14-13-24-22)11-15-27(16-12-23)30(28,29)21-10-6-4-8-19(21)2/h3-10,26H,11-17H2,1-2H3,(H,24,25). The number of aliphatic imine (C=N–C) groups is 1. The van der Waals surface area contributed by atoms with Crippen LogP contribution in [0.5, 0.6) is 0 Å². The molecule has 6 nitrogen and oxygen atoms in total. The summed E-state index contributed by atoms with van der Waals surface area (Å²) >= 11 is 0. The third kappa shape index (κ3) is 4.02. The summed E-state index contributed by atoms with van der Waals surface area (Å²) in [6.07, 6.45) is 1.41. The molecule has 0 saturated carbocycles. The van der Waals surface area contributed by atoms with Crippen molar-refractivity contribution in [3.8, 4) is 0 Å². The van der Waals surface area contributed by atoms with Crippen molar-refractivity contribution in [1.82, 2.24) is 14.9 Å². The Labute approximate surface area is 179 Å². The summed E-state index contributed by atoms with van der Waals surface area (Å²) in [5.74, 6) is 0.963. The molecule has 2 aromatic carbocycles. The second-order valence-corrected chi connectivity index (χ2v) is 10.1. The van der Waals surface area contributed by atoms with Gasteiger partial charge in [0.1, 0.15) is 5.84 Å². The Morgan fingerprint density at radius 3 is 2.40 bits per heavy atom. The fourth-order valence-electron chi connectivity index (χ4n) is 4.42. The Hall–Kier alpha value is -2.22. The molecule has 2 aliphatic rings. The molecular weight excluding hydrogens is 396 g/mol. The van der Waals surface area contributed by atoms with Gasteiger partial charge in [0.2, 0.25) is 10.0 Å². The number of nitrogens with zero attached hydrogens (tertiary/aromatic N) is 2. The maximum absolute atomic E-state index is 13.2. The predicted molar refractivity (Wildman–Crippen MR) is 120 cm³/mol. The van der Waals surface area contributed by atoms with Crippen molar-refractivity contribution in [2.45, 2.75) is 43.7 Å². The Morgan fingerprint density at radius 2 is 1.70 bits per heavy atom. The minimum atomic E-state index is -3.48. The molecule has 0 bridgehead atoms. The predicted octanol–water partition coefficient (Wildman–Crippen LogP) is 2.62. The molecule has 0 amide bonds. The normalized spacial score (nSPS) is 19.5. The summed E-state index contributed by atoms with van der Waals surface area (Å²) in [6, 6.07) is 15.5. The first-order valence-electron chi connectivity index (χ1n) is 10.6. The molecule has 2 aliphatic heterocycles. The van der Waals surface area contributed by atoms with Gasteiger partial charge < -0.3 is 10.6 Å². The summed E-state index contributed by atoms with van der Waals surface area (Å²) in [4.78, 5) is 5.19. The number of rotatable bonds is 4. The SMILES string of the molecule is Cc1ccccc1CNC1=NCCNC12CCN(S(=O)(=O)c1ccccc1C)CC2. The van der Waals surface area contributed by atoms with Gasteiger partial charge in [-0.15, -0.1) is 0 Å². The van der Waals surface area contributed by atoms with Crippen LogP contribution in [0.4, 0.5) is 0 Å². The summed E-state index contributed by atoms with van der Waals surface area (Å²) in [6.45, 7) is 7.21. The Balaban J connectivity index is 1.48. The van der Waals surface area contributed by atoms with Crippen molar-refractivity contribution in [3.05, 3.63) is 65.2 Å². The van der Waals surface area contributed by atoms with Crippen molar-refractivity contribution in [3.63, 3.8) is 0 Å². The van der Waals surface area contributed by atoms with Crippen LogP contribution in [-0.2, 0) is 16.6 Å². The zero-order valence-corrected chi connectivity index (χ0v) is 18.5. The molecule has 0 aromatic heterocycles. The first-order chi connectivity index (χ1) is 14.4. The molecule has 160 valence electrons. The molecule has 2 heterocycles. The van der Waals surface area contributed by atoms with E-state index in [9.17, 15) is 8.42 Å². The zero-order chi connectivity index (χ0) is 21.2. The van der Waals surface area contributed by atoms with E-state index < -0.39 is 10.0 Å². The van der Waals surface area contributed by atoms with Gasteiger partial charge >= 0.3 is 0 Å². The fourth-order valence-corrected chi connectivity index (χ4v) is 6.08. The molecule has 1 fully saturated rings. The molecule has 0 aliphatic carbocycles. The number of sulfonamides is 1. The average molecular weight is 427 g/mol. The number of hydrogen-bond acceptors (Lipinski definition) is 5. The Morgan fingerprint density at radius 1 is 1.03 bits per heavy atom. The largest absolute Gasteiger partial charge is 0.368 e. The van der Waals surface area contributed by atoms with Crippen molar-refractivity contribution >= 4 is 15.9 Å². The van der Waals surface area contributed by atoms with E-state index >= 15 is 0 Å². The topological polar surface area (TPSA) is 73.8 Å². The molecule has 7 heteroatoms. The van der Waals surface area contributed by atoms with E-state index in [1.807, 2.05) is 25.1 Å². The van der Waals surface area contributed by atoms with E-state index in [4.69, 9.17) is 4.99 Å². The van der Waals surface area contributed by atoms with Crippen molar-refractivity contribution in [2.75, 3.05) is 26.2 Å². The Bertz CT molecular complexity index is 1040. The van der Waals surface area contributed by atoms with Gasteiger partial charge in [-0.2, -0.15) is 4.31 Å². The van der Waals surface area contributed by atoms with Crippen LogP contribution < -0.4 is 10.6 Å². The Kier molecular flexibility index (Phi) is 5.95. The molecule has 30 heavy (non-hydrogen) atoms. The molecule has 0 radical (unpaired) electrons. The summed E-state index contributed by atoms with van der Waals surface area (Å²) in [7, 11) is -3.48. The highest BCUT2D eigenvalue weighted by Crippen LogP contribution is 2.30. The lowest BCUT2D eigenvalue weighted by Gasteiger charge is -2.44. The number of hydrogen-bond donors (Lipinski definition) is 2. The summed E-state index contributed by atoms with van der Waals surface area (Å²) < 4.78 is 28.0. The van der Waals surface area contributed by atoms with Gasteiger partial charge in [-0.1, -0.05) is 42.5 Å². The van der Waals surface area contributed by atoms with Crippen LogP contribution in [0.2, 0.25) is 0 Å². The second kappa shape index (κ2) is 8.49. The van der Waals surface area contributed by atoms with Crippen LogP contribution in [0.15, 0.2) is 58.4 Å². The van der Waals surface area contributed by atoms with E-state index in [0.29, 0.717) is 30.8 Å². The minimum absolute atomic E-state index is 0.279. The highest BCUT2D eigenvalue weighted by atomic mass is 32.2. The monoisotopic (exact) mass is 426 g/mol. The van der Waals surface area contributed by atoms with Gasteiger partial charge in [-0.3, -0.25) is 4.99 Å². The maximum Gasteiger partial charge on any atom is 0.243 e. The number of benzene rings is 2. The highest BCUT2D eigenvalue weighted by Gasteiger charge is 2.43. The van der Waals surface area contributed by atoms with Crippen molar-refractivity contribution in [1.29, 1.82) is 0 Å². The number of amidine groups is 1. The van der Waals surface area contributed by atoms with Crippen LogP contribution in [-0.4, -0.2) is 50.3 Å². The molecule has 1 spiro atoms. The average Bonchev–Trinajstić information content (AvgIpc) is 2.75. The quantitative estimate of drug-likeness (QED) is 0.788. The molecule has 2 N–H and O–H groups in total. The number of aryl methyl sites for hydroxylation is 2. The van der Waals surface area contributed by atoms with Gasteiger partial charge in [0, 0.05) is 26.2 Å². The van der Waals surface area contributed by atoms with Gasteiger partial charge in [0.15, 0.2) is 0 Å². The van der Waals surface area contributed by atoms with Crippen LogP contribution in [0, 0.1) is 13.8 Å². The first kappa shape index (κ1) is 21.0. The van der Waals surface area contributed by atoms with Gasteiger partial charge in [-0.05, 0) is 49.4 Å².